The lowest BCUT2D eigenvalue weighted by molar-refractivity contribution is -0.260. The summed E-state index contributed by atoms with van der Waals surface area (Å²) in [7, 11) is 0. The van der Waals surface area contributed by atoms with E-state index in [9.17, 15) is 4.79 Å². The van der Waals surface area contributed by atoms with E-state index in [2.05, 4.69) is 0 Å². The van der Waals surface area contributed by atoms with Crippen molar-refractivity contribution in [2.75, 3.05) is 6.61 Å². The van der Waals surface area contributed by atoms with Crippen LogP contribution in [0.2, 0.25) is 0 Å². The van der Waals surface area contributed by atoms with Gasteiger partial charge >= 0.3 is 5.97 Å². The maximum atomic E-state index is 11.1. The Morgan fingerprint density at radius 3 is 3.08 bits per heavy atom. The van der Waals surface area contributed by atoms with Crippen molar-refractivity contribution in [2.45, 2.75) is 38.3 Å². The van der Waals surface area contributed by atoms with Crippen molar-refractivity contribution >= 4 is 5.97 Å². The van der Waals surface area contributed by atoms with Crippen LogP contribution in [0.4, 0.5) is 0 Å². The van der Waals surface area contributed by atoms with Crippen LogP contribution >= 0.6 is 0 Å². The third kappa shape index (κ3) is 0.881. The molecule has 2 saturated heterocycles. The fourth-order valence-electron chi connectivity index (χ4n) is 1.67. The van der Waals surface area contributed by atoms with Gasteiger partial charge in [-0.1, -0.05) is 6.92 Å². The zero-order valence-electron chi connectivity index (χ0n) is 7.20. The number of ether oxygens (including phenoxy) is 3. The van der Waals surface area contributed by atoms with Gasteiger partial charge in [0.05, 0.1) is 6.61 Å². The van der Waals surface area contributed by atoms with Gasteiger partial charge in [0.1, 0.15) is 0 Å². The van der Waals surface area contributed by atoms with E-state index in [0.717, 1.165) is 0 Å². The molecule has 2 aliphatic heterocycles. The Balaban J connectivity index is 2.24. The SMILES string of the molecule is CC[C@]12OC[C@H](O1)C(=O)OC2C. The van der Waals surface area contributed by atoms with Crippen molar-refractivity contribution in [3.8, 4) is 0 Å². The van der Waals surface area contributed by atoms with Gasteiger partial charge in [0.2, 0.25) is 5.79 Å². The first kappa shape index (κ1) is 8.01. The molecule has 2 bridgehead atoms. The van der Waals surface area contributed by atoms with E-state index in [-0.39, 0.29) is 12.1 Å². The van der Waals surface area contributed by atoms with Gasteiger partial charge in [0.25, 0.3) is 0 Å². The van der Waals surface area contributed by atoms with Gasteiger partial charge in [-0.05, 0) is 6.92 Å². The van der Waals surface area contributed by atoms with E-state index in [1.54, 1.807) is 6.92 Å². The van der Waals surface area contributed by atoms with E-state index in [0.29, 0.717) is 13.0 Å². The summed E-state index contributed by atoms with van der Waals surface area (Å²) in [6.07, 6.45) is -0.0901. The second-order valence-electron chi connectivity index (χ2n) is 3.16. The summed E-state index contributed by atoms with van der Waals surface area (Å²) in [6.45, 7) is 4.08. The van der Waals surface area contributed by atoms with Crippen molar-refractivity contribution < 1.29 is 19.0 Å². The normalized spacial score (nSPS) is 46.0. The molecule has 2 fully saturated rings. The molecule has 0 aliphatic carbocycles. The monoisotopic (exact) mass is 172 g/mol. The molecule has 68 valence electrons. The molecule has 2 rings (SSSR count). The van der Waals surface area contributed by atoms with Crippen LogP contribution < -0.4 is 0 Å². The molecule has 0 aromatic carbocycles. The summed E-state index contributed by atoms with van der Waals surface area (Å²) in [6, 6.07) is 0. The molecule has 4 heteroatoms. The van der Waals surface area contributed by atoms with Gasteiger partial charge in [-0.25, -0.2) is 4.79 Å². The zero-order chi connectivity index (χ0) is 8.77. The molecular weight excluding hydrogens is 160 g/mol. The van der Waals surface area contributed by atoms with Gasteiger partial charge in [-0.15, -0.1) is 0 Å². The minimum Gasteiger partial charge on any atom is -0.455 e. The first-order valence-electron chi connectivity index (χ1n) is 4.20. The van der Waals surface area contributed by atoms with Gasteiger partial charge in [0.15, 0.2) is 12.2 Å². The Labute approximate surface area is 70.8 Å². The highest BCUT2D eigenvalue weighted by atomic mass is 16.8. The highest BCUT2D eigenvalue weighted by Gasteiger charge is 2.53. The Morgan fingerprint density at radius 1 is 1.67 bits per heavy atom. The number of cyclic esters (lactones) is 1. The minimum atomic E-state index is -0.668. The molecule has 0 N–H and O–H groups in total. The molecule has 0 amide bonds. The zero-order valence-corrected chi connectivity index (χ0v) is 7.20. The van der Waals surface area contributed by atoms with E-state index in [4.69, 9.17) is 14.2 Å². The lowest BCUT2D eigenvalue weighted by atomic mass is 10.1. The second-order valence-corrected chi connectivity index (χ2v) is 3.16. The van der Waals surface area contributed by atoms with Crippen LogP contribution in [-0.2, 0) is 19.0 Å². The summed E-state index contributed by atoms with van der Waals surface area (Å²) in [5.41, 5.74) is 0. The Morgan fingerprint density at radius 2 is 2.42 bits per heavy atom. The number of esters is 1. The summed E-state index contributed by atoms with van der Waals surface area (Å²) in [5, 5.41) is 0. The van der Waals surface area contributed by atoms with Crippen molar-refractivity contribution in [3.63, 3.8) is 0 Å². The fourth-order valence-corrected chi connectivity index (χ4v) is 1.67. The van der Waals surface area contributed by atoms with E-state index < -0.39 is 11.9 Å². The van der Waals surface area contributed by atoms with Crippen LogP contribution in [0, 0.1) is 0 Å². The summed E-state index contributed by atoms with van der Waals surface area (Å²) >= 11 is 0. The third-order valence-corrected chi connectivity index (χ3v) is 2.49. The number of rotatable bonds is 1. The molecule has 0 spiro atoms. The van der Waals surface area contributed by atoms with Crippen LogP contribution in [0.1, 0.15) is 20.3 Å². The molecule has 0 radical (unpaired) electrons. The molecule has 4 nitrogen and oxygen atoms in total. The van der Waals surface area contributed by atoms with Crippen LogP contribution in [-0.4, -0.2) is 30.6 Å². The predicted octanol–water partition coefficient (Wildman–Crippen LogP) is 0.453. The molecule has 3 atom stereocenters. The maximum absolute atomic E-state index is 11.1. The summed E-state index contributed by atoms with van der Waals surface area (Å²) in [4.78, 5) is 11.1. The van der Waals surface area contributed by atoms with Crippen LogP contribution in [0.3, 0.4) is 0 Å². The quantitative estimate of drug-likeness (QED) is 0.539. The highest BCUT2D eigenvalue weighted by molar-refractivity contribution is 5.76. The minimum absolute atomic E-state index is 0.297. The first-order valence-corrected chi connectivity index (χ1v) is 4.20. The summed E-state index contributed by atoms with van der Waals surface area (Å²) < 4.78 is 16.0. The van der Waals surface area contributed by atoms with Crippen LogP contribution in [0.25, 0.3) is 0 Å². The number of fused-ring (bicyclic) bond motifs is 2. The van der Waals surface area contributed by atoms with Gasteiger partial charge < -0.3 is 14.2 Å². The molecule has 0 saturated carbocycles. The predicted molar refractivity (Wildman–Crippen MR) is 39.4 cm³/mol. The van der Waals surface area contributed by atoms with Crippen molar-refractivity contribution in [2.24, 2.45) is 0 Å². The van der Waals surface area contributed by atoms with E-state index in [1.807, 2.05) is 6.92 Å². The Bertz CT molecular complexity index is 215. The van der Waals surface area contributed by atoms with Gasteiger partial charge in [-0.2, -0.15) is 0 Å². The van der Waals surface area contributed by atoms with Crippen molar-refractivity contribution in [3.05, 3.63) is 0 Å². The first-order chi connectivity index (χ1) is 5.68. The smallest absolute Gasteiger partial charge is 0.338 e. The number of hydrogen-bond donors (Lipinski definition) is 0. The van der Waals surface area contributed by atoms with E-state index >= 15 is 0 Å². The van der Waals surface area contributed by atoms with Crippen LogP contribution in [0.5, 0.6) is 0 Å². The summed E-state index contributed by atoms with van der Waals surface area (Å²) in [5.74, 6) is -0.970. The lowest BCUT2D eigenvalue weighted by Crippen LogP contribution is -2.49. The molecular formula is C8H12O4. The second kappa shape index (κ2) is 2.44. The molecule has 0 aromatic heterocycles. The molecule has 1 unspecified atom stereocenters. The van der Waals surface area contributed by atoms with E-state index in [1.165, 1.54) is 0 Å². The van der Waals surface area contributed by atoms with Gasteiger partial charge in [-0.3, -0.25) is 0 Å². The lowest BCUT2D eigenvalue weighted by Gasteiger charge is -2.35. The average molecular weight is 172 g/mol. The number of carbonyl (C=O) groups is 1. The number of carbonyl (C=O) groups excluding carboxylic acids is 1. The molecule has 12 heavy (non-hydrogen) atoms. The molecule has 2 aliphatic rings. The number of hydrogen-bond acceptors (Lipinski definition) is 4. The molecule has 2 heterocycles. The Kier molecular flexibility index (Phi) is 1.63. The van der Waals surface area contributed by atoms with Gasteiger partial charge in [0, 0.05) is 6.42 Å². The highest BCUT2D eigenvalue weighted by Crippen LogP contribution is 2.36. The third-order valence-electron chi connectivity index (χ3n) is 2.49. The maximum Gasteiger partial charge on any atom is 0.338 e. The Hall–Kier alpha value is -0.610. The topological polar surface area (TPSA) is 44.8 Å². The van der Waals surface area contributed by atoms with Crippen molar-refractivity contribution in [1.29, 1.82) is 0 Å². The standard InChI is InChI=1S/C8H12O4/c1-3-8-5(2)11-7(9)6(12-8)4-10-8/h5-6H,3-4H2,1-2H3/t5?,6-,8-/m0/s1. The van der Waals surface area contributed by atoms with Crippen molar-refractivity contribution in [1.82, 2.24) is 0 Å². The largest absolute Gasteiger partial charge is 0.455 e. The molecule has 0 aromatic rings. The fraction of sp³-hybridized carbons (Fsp3) is 0.875. The average Bonchev–Trinajstić information content (AvgIpc) is 2.44. The van der Waals surface area contributed by atoms with Crippen LogP contribution in [0.15, 0.2) is 0 Å².